The van der Waals surface area contributed by atoms with Gasteiger partial charge in [0.15, 0.2) is 6.10 Å². The summed E-state index contributed by atoms with van der Waals surface area (Å²) in [7, 11) is 0. The molecular formula is C19H15F3N2O5. The number of hydrogen-bond donors (Lipinski definition) is 1. The molecule has 0 radical (unpaired) electrons. The van der Waals surface area contributed by atoms with E-state index in [0.717, 1.165) is 30.4 Å². The molecule has 0 spiro atoms. The van der Waals surface area contributed by atoms with Gasteiger partial charge >= 0.3 is 12.1 Å². The maximum absolute atomic E-state index is 12.7. The summed E-state index contributed by atoms with van der Waals surface area (Å²) < 4.78 is 42.9. The molecule has 1 atom stereocenters. The Morgan fingerprint density at radius 2 is 1.86 bits per heavy atom. The third-order valence-corrected chi connectivity index (χ3v) is 3.61. The Labute approximate surface area is 162 Å². The summed E-state index contributed by atoms with van der Waals surface area (Å²) >= 11 is 0. The summed E-state index contributed by atoms with van der Waals surface area (Å²) in [5.41, 5.74) is -0.814. The molecule has 0 heterocycles. The molecule has 0 aliphatic rings. The van der Waals surface area contributed by atoms with Crippen molar-refractivity contribution in [3.8, 4) is 0 Å². The Kier molecular flexibility index (Phi) is 6.71. The van der Waals surface area contributed by atoms with Gasteiger partial charge in [-0.05, 0) is 36.8 Å². The van der Waals surface area contributed by atoms with Gasteiger partial charge in [0.05, 0.1) is 10.5 Å². The van der Waals surface area contributed by atoms with Crippen molar-refractivity contribution in [1.29, 1.82) is 0 Å². The number of alkyl halides is 3. The van der Waals surface area contributed by atoms with Gasteiger partial charge in [0, 0.05) is 23.9 Å². The molecule has 0 saturated heterocycles. The first-order valence-corrected chi connectivity index (χ1v) is 8.17. The minimum Gasteiger partial charge on any atom is -0.449 e. The van der Waals surface area contributed by atoms with Gasteiger partial charge in [0.2, 0.25) is 0 Å². The number of carbonyl (C=O) groups excluding carboxylic acids is 2. The summed E-state index contributed by atoms with van der Waals surface area (Å²) in [5, 5.41) is 13.1. The van der Waals surface area contributed by atoms with Crippen LogP contribution in [0.15, 0.2) is 54.6 Å². The van der Waals surface area contributed by atoms with E-state index in [1.54, 1.807) is 0 Å². The molecule has 0 bridgehead atoms. The summed E-state index contributed by atoms with van der Waals surface area (Å²) in [5.74, 6) is -1.67. The van der Waals surface area contributed by atoms with Gasteiger partial charge in [-0.1, -0.05) is 18.2 Å². The second kappa shape index (κ2) is 9.00. The van der Waals surface area contributed by atoms with Crippen molar-refractivity contribution in [2.45, 2.75) is 19.2 Å². The van der Waals surface area contributed by atoms with Crippen molar-refractivity contribution in [2.75, 3.05) is 5.32 Å². The summed E-state index contributed by atoms with van der Waals surface area (Å²) in [6.45, 7) is 1.28. The highest BCUT2D eigenvalue weighted by Crippen LogP contribution is 2.29. The van der Waals surface area contributed by atoms with Crippen LogP contribution in [0.25, 0.3) is 6.08 Å². The van der Waals surface area contributed by atoms with Crippen LogP contribution in [0.2, 0.25) is 0 Å². The predicted octanol–water partition coefficient (Wildman–Crippen LogP) is 4.20. The Bertz CT molecular complexity index is 957. The molecule has 0 fully saturated rings. The molecule has 0 aromatic heterocycles. The molecule has 2 rings (SSSR count). The zero-order valence-electron chi connectivity index (χ0n) is 15.0. The number of nitro benzene ring substituents is 1. The number of nitro groups is 1. The van der Waals surface area contributed by atoms with E-state index in [0.29, 0.717) is 0 Å². The van der Waals surface area contributed by atoms with Crippen molar-refractivity contribution in [3.63, 3.8) is 0 Å². The smallest absolute Gasteiger partial charge is 0.416 e. The number of benzene rings is 2. The van der Waals surface area contributed by atoms with Crippen LogP contribution in [0.5, 0.6) is 0 Å². The van der Waals surface area contributed by atoms with Gasteiger partial charge in [-0.2, -0.15) is 13.2 Å². The van der Waals surface area contributed by atoms with E-state index in [1.165, 1.54) is 37.3 Å². The quantitative estimate of drug-likeness (QED) is 0.334. The van der Waals surface area contributed by atoms with Crippen LogP contribution in [0.3, 0.4) is 0 Å². The van der Waals surface area contributed by atoms with Gasteiger partial charge in [0.1, 0.15) is 0 Å². The van der Waals surface area contributed by atoms with Crippen LogP contribution in [0.1, 0.15) is 18.1 Å². The molecule has 0 saturated carbocycles. The molecule has 10 heteroatoms. The van der Waals surface area contributed by atoms with E-state index >= 15 is 0 Å². The number of nitrogens with one attached hydrogen (secondary N) is 1. The molecular weight excluding hydrogens is 393 g/mol. The molecule has 152 valence electrons. The van der Waals surface area contributed by atoms with Crippen LogP contribution in [-0.4, -0.2) is 22.9 Å². The number of hydrogen-bond acceptors (Lipinski definition) is 5. The fraction of sp³-hybridized carbons (Fsp3) is 0.158. The monoisotopic (exact) mass is 408 g/mol. The van der Waals surface area contributed by atoms with Crippen LogP contribution < -0.4 is 5.32 Å². The average molecular weight is 408 g/mol. The Morgan fingerprint density at radius 1 is 1.17 bits per heavy atom. The van der Waals surface area contributed by atoms with Gasteiger partial charge in [-0.3, -0.25) is 14.9 Å². The van der Waals surface area contributed by atoms with Crippen molar-refractivity contribution in [1.82, 2.24) is 0 Å². The number of halogens is 3. The van der Waals surface area contributed by atoms with E-state index in [9.17, 15) is 32.9 Å². The Hall–Kier alpha value is -3.69. The first-order chi connectivity index (χ1) is 13.6. The van der Waals surface area contributed by atoms with E-state index in [-0.39, 0.29) is 16.9 Å². The normalized spacial score (nSPS) is 12.4. The first-order valence-electron chi connectivity index (χ1n) is 8.17. The minimum atomic E-state index is -4.51. The minimum absolute atomic E-state index is 0.130. The maximum Gasteiger partial charge on any atom is 0.416 e. The summed E-state index contributed by atoms with van der Waals surface area (Å²) in [6.07, 6.45) is -3.73. The number of amides is 1. The zero-order chi connectivity index (χ0) is 21.6. The van der Waals surface area contributed by atoms with Crippen LogP contribution in [0, 0.1) is 10.1 Å². The van der Waals surface area contributed by atoms with Crippen molar-refractivity contribution in [2.24, 2.45) is 0 Å². The second-order valence-electron chi connectivity index (χ2n) is 5.83. The SMILES string of the molecule is CC(OC(=O)/C=C/c1cccc(C(F)(F)F)c1)C(=O)Nc1cccc([N+](=O)[O-])c1. The topological polar surface area (TPSA) is 98.5 Å². The van der Waals surface area contributed by atoms with E-state index in [1.807, 2.05) is 0 Å². The number of esters is 1. The zero-order valence-corrected chi connectivity index (χ0v) is 15.0. The van der Waals surface area contributed by atoms with Crippen LogP contribution >= 0.6 is 0 Å². The molecule has 2 aromatic carbocycles. The number of nitrogens with zero attached hydrogens (tertiary/aromatic N) is 1. The van der Waals surface area contributed by atoms with E-state index in [4.69, 9.17) is 4.74 Å². The fourth-order valence-electron chi connectivity index (χ4n) is 2.19. The number of non-ortho nitro benzene ring substituents is 1. The molecule has 7 nitrogen and oxygen atoms in total. The lowest BCUT2D eigenvalue weighted by Crippen LogP contribution is -2.29. The predicted molar refractivity (Wildman–Crippen MR) is 97.8 cm³/mol. The van der Waals surface area contributed by atoms with E-state index < -0.39 is 34.6 Å². The summed E-state index contributed by atoms with van der Waals surface area (Å²) in [6, 6.07) is 9.52. The van der Waals surface area contributed by atoms with Crippen molar-refractivity contribution < 1.29 is 32.4 Å². The van der Waals surface area contributed by atoms with Crippen LogP contribution in [0.4, 0.5) is 24.5 Å². The Balaban J connectivity index is 1.96. The van der Waals surface area contributed by atoms with Gasteiger partial charge in [-0.15, -0.1) is 0 Å². The lowest BCUT2D eigenvalue weighted by molar-refractivity contribution is -0.384. The van der Waals surface area contributed by atoms with Crippen molar-refractivity contribution >= 4 is 29.3 Å². The molecule has 1 unspecified atom stereocenters. The van der Waals surface area contributed by atoms with Gasteiger partial charge < -0.3 is 10.1 Å². The highest BCUT2D eigenvalue weighted by molar-refractivity contribution is 5.96. The molecule has 0 aliphatic carbocycles. The highest BCUT2D eigenvalue weighted by Gasteiger charge is 2.30. The number of rotatable bonds is 6. The van der Waals surface area contributed by atoms with Crippen molar-refractivity contribution in [3.05, 3.63) is 75.8 Å². The molecule has 0 aliphatic heterocycles. The standard InChI is InChI=1S/C19H15F3N2O5/c1-12(18(26)23-15-6-3-7-16(11-15)24(27)28)29-17(25)9-8-13-4-2-5-14(10-13)19(20,21)22/h2-12H,1H3,(H,23,26)/b9-8+. The van der Waals surface area contributed by atoms with Gasteiger partial charge in [0.25, 0.3) is 11.6 Å². The highest BCUT2D eigenvalue weighted by atomic mass is 19.4. The lowest BCUT2D eigenvalue weighted by Gasteiger charge is -2.12. The fourth-order valence-corrected chi connectivity index (χ4v) is 2.19. The third-order valence-electron chi connectivity index (χ3n) is 3.61. The largest absolute Gasteiger partial charge is 0.449 e. The number of ether oxygens (including phenoxy) is 1. The number of carbonyl (C=O) groups is 2. The molecule has 1 N–H and O–H groups in total. The average Bonchev–Trinajstić information content (AvgIpc) is 2.66. The molecule has 2 aromatic rings. The number of anilines is 1. The third kappa shape index (κ3) is 6.45. The van der Waals surface area contributed by atoms with Crippen LogP contribution in [-0.2, 0) is 20.5 Å². The Morgan fingerprint density at radius 3 is 2.52 bits per heavy atom. The first kappa shape index (κ1) is 21.6. The maximum atomic E-state index is 12.7. The molecule has 29 heavy (non-hydrogen) atoms. The lowest BCUT2D eigenvalue weighted by atomic mass is 10.1. The van der Waals surface area contributed by atoms with E-state index in [2.05, 4.69) is 5.32 Å². The second-order valence-corrected chi connectivity index (χ2v) is 5.83. The van der Waals surface area contributed by atoms with Gasteiger partial charge in [-0.25, -0.2) is 4.79 Å². The molecule has 1 amide bonds. The summed E-state index contributed by atoms with van der Waals surface area (Å²) in [4.78, 5) is 34.0.